The van der Waals surface area contributed by atoms with E-state index < -0.39 is 12.1 Å². The topological polar surface area (TPSA) is 153 Å². The number of thioether (sulfide) groups is 1. The zero-order valence-corrected chi connectivity index (χ0v) is 23.9. The molecule has 0 saturated heterocycles. The standard InChI is InChI=1S/C28H25ClN8O4S/c1-41-27(39)32-20-6-7-21-17-10-11-30-24(14-17)22(3-2-12-42-28(40)34-23(21)15-20)33-26(38)9-4-18-13-19(29)5-8-25(18)37-16-31-35-36-37/h4-11,13-16,22H,2-3,12H2,1H3,(H,32,39)(H,33,38)(H,34,40)/b9-4+/t22-/m0/s1. The number of halogens is 1. The summed E-state index contributed by atoms with van der Waals surface area (Å²) in [5, 5.41) is 20.1. The van der Waals surface area contributed by atoms with Crippen LogP contribution in [-0.2, 0) is 9.53 Å². The van der Waals surface area contributed by atoms with Crippen molar-refractivity contribution in [2.75, 3.05) is 23.5 Å². The normalized spacial score (nSPS) is 15.1. The molecule has 0 unspecified atom stereocenters. The summed E-state index contributed by atoms with van der Waals surface area (Å²) in [6.07, 6.45) is 6.78. The first-order chi connectivity index (χ1) is 20.4. The molecule has 1 atom stereocenters. The number of fused-ring (bicyclic) bond motifs is 4. The second-order valence-corrected chi connectivity index (χ2v) is 10.6. The Kier molecular flexibility index (Phi) is 9.09. The average Bonchev–Trinajstić information content (AvgIpc) is 3.52. The summed E-state index contributed by atoms with van der Waals surface area (Å²) in [5.74, 6) is 0.201. The minimum atomic E-state index is -0.621. The first-order valence-corrected chi connectivity index (χ1v) is 14.2. The van der Waals surface area contributed by atoms with Crippen molar-refractivity contribution >= 4 is 58.1 Å². The van der Waals surface area contributed by atoms with Gasteiger partial charge in [0.25, 0.3) is 5.24 Å². The van der Waals surface area contributed by atoms with Crippen LogP contribution in [0.15, 0.2) is 67.1 Å². The number of nitrogens with one attached hydrogen (secondary N) is 3. The number of carbonyl (C=O) groups excluding carboxylic acids is 3. The SMILES string of the molecule is COC(=O)Nc1ccc2c(c1)NC(=O)SCCC[C@H](NC(=O)/C=C/c1cc(Cl)ccc1-n1cnnn1)c1cc-2ccn1. The number of ether oxygens (including phenoxy) is 1. The summed E-state index contributed by atoms with van der Waals surface area (Å²) in [6.45, 7) is 0. The Balaban J connectivity index is 1.41. The molecule has 0 fully saturated rings. The highest BCUT2D eigenvalue weighted by atomic mass is 35.5. The molecule has 1 aliphatic heterocycles. The molecule has 0 aliphatic carbocycles. The first kappa shape index (κ1) is 28.8. The van der Waals surface area contributed by atoms with Gasteiger partial charge in [0.05, 0.1) is 30.2 Å². The summed E-state index contributed by atoms with van der Waals surface area (Å²) in [5.41, 5.74) is 4.48. The second kappa shape index (κ2) is 13.3. The van der Waals surface area contributed by atoms with E-state index in [4.69, 9.17) is 11.6 Å². The van der Waals surface area contributed by atoms with Crippen LogP contribution >= 0.6 is 23.4 Å². The average molecular weight is 605 g/mol. The summed E-state index contributed by atoms with van der Waals surface area (Å²) in [6, 6.07) is 13.7. The first-order valence-electron chi connectivity index (χ1n) is 12.8. The van der Waals surface area contributed by atoms with E-state index in [0.29, 0.717) is 51.9 Å². The van der Waals surface area contributed by atoms with Crippen molar-refractivity contribution in [2.24, 2.45) is 0 Å². The fourth-order valence-corrected chi connectivity index (χ4v) is 5.23. The molecule has 12 nitrogen and oxygen atoms in total. The number of methoxy groups -OCH3 is 1. The molecule has 0 saturated carbocycles. The highest BCUT2D eigenvalue weighted by Crippen LogP contribution is 2.34. The molecule has 4 aromatic rings. The fraction of sp³-hybridized carbons (Fsp3) is 0.179. The number of nitrogens with zero attached hydrogens (tertiary/aromatic N) is 5. The molecule has 0 spiro atoms. The van der Waals surface area contributed by atoms with Gasteiger partial charge in [0.2, 0.25) is 5.91 Å². The van der Waals surface area contributed by atoms with Gasteiger partial charge in [-0.05, 0) is 77.4 Å². The molecule has 3 amide bonds. The van der Waals surface area contributed by atoms with Crippen LogP contribution in [0.25, 0.3) is 22.9 Å². The lowest BCUT2D eigenvalue weighted by Gasteiger charge is -2.20. The highest BCUT2D eigenvalue weighted by Gasteiger charge is 2.19. The Bertz CT molecular complexity index is 1650. The number of carbonyl (C=O) groups is 3. The zero-order chi connectivity index (χ0) is 29.5. The molecule has 3 N–H and O–H groups in total. The van der Waals surface area contributed by atoms with Crippen molar-refractivity contribution < 1.29 is 19.1 Å². The lowest BCUT2D eigenvalue weighted by molar-refractivity contribution is -0.117. The van der Waals surface area contributed by atoms with Gasteiger partial charge in [0.15, 0.2) is 0 Å². The van der Waals surface area contributed by atoms with Crippen LogP contribution in [-0.4, -0.2) is 55.3 Å². The minimum Gasteiger partial charge on any atom is -0.453 e. The van der Waals surface area contributed by atoms with Crippen LogP contribution in [0.1, 0.15) is 30.1 Å². The van der Waals surface area contributed by atoms with Crippen LogP contribution in [0.5, 0.6) is 0 Å². The van der Waals surface area contributed by atoms with E-state index in [9.17, 15) is 14.4 Å². The number of tetrazole rings is 1. The van der Waals surface area contributed by atoms with Gasteiger partial charge in [0, 0.05) is 39.9 Å². The largest absolute Gasteiger partial charge is 0.453 e. The number of amides is 3. The van der Waals surface area contributed by atoms with Crippen molar-refractivity contribution in [1.82, 2.24) is 30.5 Å². The molecular weight excluding hydrogens is 580 g/mol. The number of rotatable bonds is 5. The van der Waals surface area contributed by atoms with Crippen LogP contribution in [0.3, 0.4) is 0 Å². The number of pyridine rings is 1. The van der Waals surface area contributed by atoms with Crippen LogP contribution in [0.4, 0.5) is 21.0 Å². The van der Waals surface area contributed by atoms with Crippen LogP contribution < -0.4 is 16.0 Å². The molecule has 1 aliphatic rings. The minimum absolute atomic E-state index is 0.232. The monoisotopic (exact) mass is 604 g/mol. The Morgan fingerprint density at radius 1 is 1.19 bits per heavy atom. The number of benzene rings is 2. The van der Waals surface area contributed by atoms with E-state index in [1.54, 1.807) is 48.7 Å². The maximum absolute atomic E-state index is 13.1. The predicted molar refractivity (Wildman–Crippen MR) is 160 cm³/mol. The number of anilines is 2. The van der Waals surface area contributed by atoms with Crippen molar-refractivity contribution in [3.8, 4) is 16.8 Å². The third kappa shape index (κ3) is 7.11. The maximum atomic E-state index is 13.1. The lowest BCUT2D eigenvalue weighted by atomic mass is 10.00. The molecular formula is C28H25ClN8O4S. The highest BCUT2D eigenvalue weighted by molar-refractivity contribution is 8.13. The smallest absolute Gasteiger partial charge is 0.411 e. The molecule has 42 heavy (non-hydrogen) atoms. The van der Waals surface area contributed by atoms with Crippen LogP contribution in [0.2, 0.25) is 5.02 Å². The fourth-order valence-electron chi connectivity index (χ4n) is 4.37. The Morgan fingerprint density at radius 3 is 2.88 bits per heavy atom. The van der Waals surface area contributed by atoms with E-state index in [0.717, 1.165) is 22.9 Å². The second-order valence-electron chi connectivity index (χ2n) is 9.10. The van der Waals surface area contributed by atoms with Crippen molar-refractivity contribution in [3.63, 3.8) is 0 Å². The lowest BCUT2D eigenvalue weighted by Crippen LogP contribution is -2.28. The van der Waals surface area contributed by atoms with Gasteiger partial charge in [-0.1, -0.05) is 29.4 Å². The van der Waals surface area contributed by atoms with Gasteiger partial charge in [-0.15, -0.1) is 5.10 Å². The molecule has 2 aromatic heterocycles. The Labute approximate surface area is 249 Å². The molecule has 2 bridgehead atoms. The van der Waals surface area contributed by atoms with Gasteiger partial charge in [-0.3, -0.25) is 19.9 Å². The summed E-state index contributed by atoms with van der Waals surface area (Å²) in [7, 11) is 1.27. The van der Waals surface area contributed by atoms with Crippen molar-refractivity contribution in [3.05, 3.63) is 83.4 Å². The summed E-state index contributed by atoms with van der Waals surface area (Å²) >= 11 is 7.34. The van der Waals surface area contributed by atoms with Crippen molar-refractivity contribution in [2.45, 2.75) is 18.9 Å². The van der Waals surface area contributed by atoms with Gasteiger partial charge in [-0.25, -0.2) is 4.79 Å². The molecule has 0 radical (unpaired) electrons. The van der Waals surface area contributed by atoms with Gasteiger partial charge >= 0.3 is 6.09 Å². The summed E-state index contributed by atoms with van der Waals surface area (Å²) in [4.78, 5) is 42.1. The third-order valence-corrected chi connectivity index (χ3v) is 7.42. The van der Waals surface area contributed by atoms with Gasteiger partial charge in [-0.2, -0.15) is 4.68 Å². The van der Waals surface area contributed by atoms with E-state index in [1.807, 2.05) is 12.1 Å². The maximum Gasteiger partial charge on any atom is 0.411 e. The van der Waals surface area contributed by atoms with E-state index in [2.05, 4.69) is 41.2 Å². The molecule has 3 heterocycles. The number of hydrogen-bond acceptors (Lipinski definition) is 9. The molecule has 5 rings (SSSR count). The number of hydrogen-bond donors (Lipinski definition) is 3. The van der Waals surface area contributed by atoms with E-state index >= 15 is 0 Å². The van der Waals surface area contributed by atoms with Gasteiger partial charge in [0.1, 0.15) is 6.33 Å². The summed E-state index contributed by atoms with van der Waals surface area (Å²) < 4.78 is 6.16. The molecule has 14 heteroatoms. The Morgan fingerprint density at radius 2 is 2.07 bits per heavy atom. The molecule has 214 valence electrons. The van der Waals surface area contributed by atoms with Gasteiger partial charge < -0.3 is 15.4 Å². The molecule has 2 aromatic carbocycles. The zero-order valence-electron chi connectivity index (χ0n) is 22.3. The predicted octanol–water partition coefficient (Wildman–Crippen LogP) is 5.49. The third-order valence-electron chi connectivity index (χ3n) is 6.32. The van der Waals surface area contributed by atoms with Crippen LogP contribution in [0, 0.1) is 0 Å². The van der Waals surface area contributed by atoms with Crippen molar-refractivity contribution in [1.29, 1.82) is 0 Å². The number of aromatic nitrogens is 5. The quantitative estimate of drug-likeness (QED) is 0.251. The van der Waals surface area contributed by atoms with E-state index in [1.165, 1.54) is 24.2 Å². The Hall–Kier alpha value is -4.75. The van der Waals surface area contributed by atoms with E-state index in [-0.39, 0.29) is 11.1 Å².